The van der Waals surface area contributed by atoms with Crippen LogP contribution < -0.4 is 9.47 Å². The fourth-order valence-corrected chi connectivity index (χ4v) is 1.95. The lowest BCUT2D eigenvalue weighted by atomic mass is 10.3. The van der Waals surface area contributed by atoms with Crippen molar-refractivity contribution >= 4 is 15.9 Å². The van der Waals surface area contributed by atoms with E-state index in [1.165, 1.54) is 0 Å². The number of pyridine rings is 1. The highest BCUT2D eigenvalue weighted by Gasteiger charge is 2.08. The Morgan fingerprint density at radius 1 is 1.18 bits per heavy atom. The summed E-state index contributed by atoms with van der Waals surface area (Å²) < 4.78 is 11.7. The van der Waals surface area contributed by atoms with E-state index >= 15 is 0 Å². The van der Waals surface area contributed by atoms with Crippen LogP contribution in [0.3, 0.4) is 0 Å². The van der Waals surface area contributed by atoms with Gasteiger partial charge in [0.2, 0.25) is 5.88 Å². The van der Waals surface area contributed by atoms with E-state index in [0.717, 1.165) is 10.0 Å². The monoisotopic (exact) mass is 293 g/mol. The predicted octanol–water partition coefficient (Wildman–Crippen LogP) is 3.95. The van der Waals surface area contributed by atoms with Gasteiger partial charge in [0.05, 0.1) is 11.6 Å². The normalized spacial score (nSPS) is 10.1. The Labute approximate surface area is 109 Å². The highest BCUT2D eigenvalue weighted by atomic mass is 79.9. The fourth-order valence-electron chi connectivity index (χ4n) is 1.40. The zero-order valence-electron chi connectivity index (χ0n) is 9.61. The number of halogens is 1. The summed E-state index contributed by atoms with van der Waals surface area (Å²) in [6.45, 7) is 1.98. The van der Waals surface area contributed by atoms with Gasteiger partial charge < -0.3 is 9.47 Å². The molecule has 0 radical (unpaired) electrons. The van der Waals surface area contributed by atoms with Crippen LogP contribution in [-0.2, 0) is 0 Å². The summed E-state index contributed by atoms with van der Waals surface area (Å²) in [6.07, 6.45) is 1.76. The van der Waals surface area contributed by atoms with Gasteiger partial charge in [-0.1, -0.05) is 12.1 Å². The first-order valence-electron chi connectivity index (χ1n) is 5.13. The molecule has 1 aromatic heterocycles. The Morgan fingerprint density at radius 2 is 1.88 bits per heavy atom. The topological polar surface area (TPSA) is 31.4 Å². The lowest BCUT2D eigenvalue weighted by Gasteiger charge is -2.10. The lowest BCUT2D eigenvalue weighted by Crippen LogP contribution is -1.93. The number of aryl methyl sites for hydroxylation is 1. The van der Waals surface area contributed by atoms with Gasteiger partial charge in [0.25, 0.3) is 0 Å². The summed E-state index contributed by atoms with van der Waals surface area (Å²) in [5.74, 6) is 1.86. The number of hydrogen-bond acceptors (Lipinski definition) is 3. The van der Waals surface area contributed by atoms with Gasteiger partial charge in [0.15, 0.2) is 11.5 Å². The second kappa shape index (κ2) is 5.19. The second-order valence-electron chi connectivity index (χ2n) is 3.55. The number of hydrogen-bond donors (Lipinski definition) is 0. The van der Waals surface area contributed by atoms with E-state index in [1.54, 1.807) is 13.3 Å². The van der Waals surface area contributed by atoms with Crippen LogP contribution in [0.4, 0.5) is 0 Å². The molecule has 4 heteroatoms. The Kier molecular flexibility index (Phi) is 3.64. The summed E-state index contributed by atoms with van der Waals surface area (Å²) >= 11 is 3.42. The molecule has 0 bridgehead atoms. The average molecular weight is 294 g/mol. The SMILES string of the molecule is COc1ccccc1Oc1ncc(C)cc1Br. The van der Waals surface area contributed by atoms with Gasteiger partial charge >= 0.3 is 0 Å². The molecule has 0 aliphatic heterocycles. The molecule has 2 aromatic rings. The van der Waals surface area contributed by atoms with Crippen LogP contribution >= 0.6 is 15.9 Å². The van der Waals surface area contributed by atoms with E-state index < -0.39 is 0 Å². The lowest BCUT2D eigenvalue weighted by molar-refractivity contribution is 0.373. The van der Waals surface area contributed by atoms with Gasteiger partial charge in [-0.3, -0.25) is 0 Å². The van der Waals surface area contributed by atoms with Gasteiger partial charge in [-0.25, -0.2) is 4.98 Å². The first-order chi connectivity index (χ1) is 8.20. The van der Waals surface area contributed by atoms with Crippen LogP contribution in [0.25, 0.3) is 0 Å². The molecule has 0 aliphatic carbocycles. The van der Waals surface area contributed by atoms with Gasteiger partial charge in [-0.05, 0) is 46.6 Å². The van der Waals surface area contributed by atoms with E-state index in [1.807, 2.05) is 37.3 Å². The summed E-state index contributed by atoms with van der Waals surface area (Å²) in [5.41, 5.74) is 1.07. The van der Waals surface area contributed by atoms with E-state index in [0.29, 0.717) is 17.4 Å². The van der Waals surface area contributed by atoms with Crippen molar-refractivity contribution in [3.05, 3.63) is 46.6 Å². The Morgan fingerprint density at radius 3 is 2.53 bits per heavy atom. The molecule has 17 heavy (non-hydrogen) atoms. The smallest absolute Gasteiger partial charge is 0.233 e. The standard InChI is InChI=1S/C13H12BrNO2/c1-9-7-10(14)13(15-8-9)17-12-6-4-3-5-11(12)16-2/h3-8H,1-2H3. The van der Waals surface area contributed by atoms with Crippen molar-refractivity contribution in [1.29, 1.82) is 0 Å². The molecule has 0 unspecified atom stereocenters. The van der Waals surface area contributed by atoms with Crippen molar-refractivity contribution in [2.24, 2.45) is 0 Å². The maximum atomic E-state index is 5.70. The first-order valence-corrected chi connectivity index (χ1v) is 5.93. The van der Waals surface area contributed by atoms with E-state index in [4.69, 9.17) is 9.47 Å². The number of para-hydroxylation sites is 2. The zero-order chi connectivity index (χ0) is 12.3. The fraction of sp³-hybridized carbons (Fsp3) is 0.154. The van der Waals surface area contributed by atoms with Crippen LogP contribution in [0, 0.1) is 6.92 Å². The predicted molar refractivity (Wildman–Crippen MR) is 69.7 cm³/mol. The number of benzene rings is 1. The molecule has 0 amide bonds. The molecule has 3 nitrogen and oxygen atoms in total. The van der Waals surface area contributed by atoms with E-state index in [9.17, 15) is 0 Å². The first kappa shape index (κ1) is 11.9. The zero-order valence-corrected chi connectivity index (χ0v) is 11.2. The minimum atomic E-state index is 0.528. The third-order valence-corrected chi connectivity index (χ3v) is 2.79. The average Bonchev–Trinajstić information content (AvgIpc) is 2.33. The van der Waals surface area contributed by atoms with Gasteiger partial charge in [0.1, 0.15) is 0 Å². The quantitative estimate of drug-likeness (QED) is 0.858. The minimum Gasteiger partial charge on any atom is -0.493 e. The summed E-state index contributed by atoms with van der Waals surface area (Å²) in [4.78, 5) is 4.22. The van der Waals surface area contributed by atoms with Crippen LogP contribution in [-0.4, -0.2) is 12.1 Å². The van der Waals surface area contributed by atoms with Gasteiger partial charge in [-0.2, -0.15) is 0 Å². The largest absolute Gasteiger partial charge is 0.493 e. The number of ether oxygens (including phenoxy) is 2. The maximum Gasteiger partial charge on any atom is 0.233 e. The van der Waals surface area contributed by atoms with Crippen molar-refractivity contribution < 1.29 is 9.47 Å². The molecular formula is C13H12BrNO2. The highest BCUT2D eigenvalue weighted by Crippen LogP contribution is 2.33. The molecule has 0 aliphatic rings. The molecule has 0 N–H and O–H groups in total. The summed E-state index contributed by atoms with van der Waals surface area (Å²) in [6, 6.07) is 9.42. The number of methoxy groups -OCH3 is 1. The third kappa shape index (κ3) is 2.77. The maximum absolute atomic E-state index is 5.70. The van der Waals surface area contributed by atoms with Gasteiger partial charge in [-0.15, -0.1) is 0 Å². The number of aromatic nitrogens is 1. The number of nitrogens with zero attached hydrogens (tertiary/aromatic N) is 1. The van der Waals surface area contributed by atoms with Gasteiger partial charge in [0, 0.05) is 6.20 Å². The molecule has 0 fully saturated rings. The molecule has 0 saturated carbocycles. The van der Waals surface area contributed by atoms with Crippen LogP contribution in [0.5, 0.6) is 17.4 Å². The van der Waals surface area contributed by atoms with Crippen molar-refractivity contribution in [3.63, 3.8) is 0 Å². The van der Waals surface area contributed by atoms with Crippen molar-refractivity contribution in [1.82, 2.24) is 4.98 Å². The summed E-state index contributed by atoms with van der Waals surface area (Å²) in [7, 11) is 1.61. The van der Waals surface area contributed by atoms with Crippen molar-refractivity contribution in [2.45, 2.75) is 6.92 Å². The third-order valence-electron chi connectivity index (χ3n) is 2.22. The van der Waals surface area contributed by atoms with Crippen molar-refractivity contribution in [3.8, 4) is 17.4 Å². The number of rotatable bonds is 3. The van der Waals surface area contributed by atoms with E-state index in [2.05, 4.69) is 20.9 Å². The molecule has 1 heterocycles. The highest BCUT2D eigenvalue weighted by molar-refractivity contribution is 9.10. The Balaban J connectivity index is 2.31. The van der Waals surface area contributed by atoms with E-state index in [-0.39, 0.29) is 0 Å². The molecular weight excluding hydrogens is 282 g/mol. The minimum absolute atomic E-state index is 0.528. The molecule has 2 rings (SSSR count). The Bertz CT molecular complexity index is 529. The molecule has 88 valence electrons. The molecule has 0 spiro atoms. The summed E-state index contributed by atoms with van der Waals surface area (Å²) in [5, 5.41) is 0. The Hall–Kier alpha value is -1.55. The molecule has 0 saturated heterocycles. The second-order valence-corrected chi connectivity index (χ2v) is 4.41. The van der Waals surface area contributed by atoms with Crippen LogP contribution in [0.2, 0.25) is 0 Å². The molecule has 1 aromatic carbocycles. The molecule has 0 atom stereocenters. The van der Waals surface area contributed by atoms with Crippen LogP contribution in [0.1, 0.15) is 5.56 Å². The van der Waals surface area contributed by atoms with Crippen LogP contribution in [0.15, 0.2) is 41.0 Å². The van der Waals surface area contributed by atoms with Crippen molar-refractivity contribution in [2.75, 3.05) is 7.11 Å².